The second kappa shape index (κ2) is 6.13. The average molecular weight is 271 g/mol. The summed E-state index contributed by atoms with van der Waals surface area (Å²) in [4.78, 5) is 10.1. The van der Waals surface area contributed by atoms with E-state index in [1.54, 1.807) is 6.07 Å². The molecule has 2 rings (SSSR count). The molecule has 1 aromatic carbocycles. The third-order valence-corrected chi connectivity index (χ3v) is 3.37. The van der Waals surface area contributed by atoms with Gasteiger partial charge in [-0.15, -0.1) is 0 Å². The Hall–Kier alpha value is -1.17. The van der Waals surface area contributed by atoms with E-state index >= 15 is 0 Å². The van der Waals surface area contributed by atoms with Crippen molar-refractivity contribution in [2.75, 3.05) is 19.7 Å². The molecule has 1 aliphatic heterocycles. The van der Waals surface area contributed by atoms with Gasteiger partial charge in [-0.25, -0.2) is 0 Å². The lowest BCUT2D eigenvalue weighted by atomic mass is 10.1. The quantitative estimate of drug-likeness (QED) is 0.659. The Morgan fingerprint density at radius 2 is 2.39 bits per heavy atom. The van der Waals surface area contributed by atoms with E-state index < -0.39 is 4.92 Å². The van der Waals surface area contributed by atoms with Gasteiger partial charge < -0.3 is 10.1 Å². The largest absolute Gasteiger partial charge is 0.376 e. The van der Waals surface area contributed by atoms with Crippen molar-refractivity contribution in [3.05, 3.63) is 38.9 Å². The van der Waals surface area contributed by atoms with E-state index in [2.05, 4.69) is 5.32 Å². The predicted molar refractivity (Wildman–Crippen MR) is 68.7 cm³/mol. The summed E-state index contributed by atoms with van der Waals surface area (Å²) < 4.78 is 5.59. The fraction of sp³-hybridized carbons (Fsp3) is 0.500. The van der Waals surface area contributed by atoms with E-state index in [1.807, 2.05) is 0 Å². The van der Waals surface area contributed by atoms with E-state index in [4.69, 9.17) is 16.3 Å². The van der Waals surface area contributed by atoms with Crippen LogP contribution in [0.15, 0.2) is 18.2 Å². The van der Waals surface area contributed by atoms with Crippen LogP contribution in [-0.2, 0) is 11.3 Å². The third kappa shape index (κ3) is 3.41. The number of ether oxygens (including phenoxy) is 1. The van der Waals surface area contributed by atoms with Gasteiger partial charge in [-0.05, 0) is 30.5 Å². The van der Waals surface area contributed by atoms with E-state index in [9.17, 15) is 10.1 Å². The number of halogens is 1. The van der Waals surface area contributed by atoms with Gasteiger partial charge in [0.1, 0.15) is 0 Å². The molecule has 18 heavy (non-hydrogen) atoms. The molecule has 0 aromatic heterocycles. The van der Waals surface area contributed by atoms with Crippen LogP contribution in [0, 0.1) is 16.0 Å². The molecule has 0 radical (unpaired) electrons. The minimum absolute atomic E-state index is 0.00347. The van der Waals surface area contributed by atoms with Gasteiger partial charge in [-0.1, -0.05) is 11.6 Å². The standard InChI is InChI=1S/C12H15ClN2O3/c13-12-5-11(15(16)17)2-1-10(12)8-18-7-9-3-4-14-6-9/h1-2,5,9,14H,3-4,6-8H2. The highest BCUT2D eigenvalue weighted by Gasteiger charge is 2.15. The summed E-state index contributed by atoms with van der Waals surface area (Å²) in [6.07, 6.45) is 1.13. The van der Waals surface area contributed by atoms with E-state index in [1.165, 1.54) is 12.1 Å². The highest BCUT2D eigenvalue weighted by Crippen LogP contribution is 2.23. The van der Waals surface area contributed by atoms with Crippen molar-refractivity contribution in [2.24, 2.45) is 5.92 Å². The molecule has 1 atom stereocenters. The van der Waals surface area contributed by atoms with Crippen LogP contribution < -0.4 is 5.32 Å². The lowest BCUT2D eigenvalue weighted by Gasteiger charge is -2.10. The number of hydrogen-bond acceptors (Lipinski definition) is 4. The highest BCUT2D eigenvalue weighted by atomic mass is 35.5. The average Bonchev–Trinajstić information content (AvgIpc) is 2.84. The van der Waals surface area contributed by atoms with Gasteiger partial charge in [0.15, 0.2) is 0 Å². The fourth-order valence-electron chi connectivity index (χ4n) is 1.96. The first-order chi connectivity index (χ1) is 8.66. The summed E-state index contributed by atoms with van der Waals surface area (Å²) in [5.41, 5.74) is 0.789. The number of rotatable bonds is 5. The Kier molecular flexibility index (Phi) is 4.52. The molecule has 6 heteroatoms. The molecule has 1 saturated heterocycles. The molecule has 1 aliphatic rings. The van der Waals surface area contributed by atoms with Crippen LogP contribution in [0.25, 0.3) is 0 Å². The lowest BCUT2D eigenvalue weighted by molar-refractivity contribution is -0.384. The van der Waals surface area contributed by atoms with Crippen molar-refractivity contribution in [3.8, 4) is 0 Å². The van der Waals surface area contributed by atoms with Crippen molar-refractivity contribution >= 4 is 17.3 Å². The Morgan fingerprint density at radius 3 is 3.00 bits per heavy atom. The van der Waals surface area contributed by atoms with E-state index in [-0.39, 0.29) is 5.69 Å². The van der Waals surface area contributed by atoms with Gasteiger partial charge in [0.05, 0.1) is 23.2 Å². The maximum atomic E-state index is 10.6. The minimum atomic E-state index is -0.458. The van der Waals surface area contributed by atoms with Crippen molar-refractivity contribution in [1.82, 2.24) is 5.32 Å². The van der Waals surface area contributed by atoms with Gasteiger partial charge >= 0.3 is 0 Å². The number of nitrogens with zero attached hydrogens (tertiary/aromatic N) is 1. The topological polar surface area (TPSA) is 64.4 Å². The smallest absolute Gasteiger partial charge is 0.270 e. The Morgan fingerprint density at radius 1 is 1.56 bits per heavy atom. The van der Waals surface area contributed by atoms with Crippen LogP contribution in [0.1, 0.15) is 12.0 Å². The molecule has 1 heterocycles. The second-order valence-electron chi connectivity index (χ2n) is 4.41. The summed E-state index contributed by atoms with van der Waals surface area (Å²) in [6, 6.07) is 4.45. The number of nitro benzene ring substituents is 1. The Labute approximate surface area is 110 Å². The van der Waals surface area contributed by atoms with E-state index in [0.717, 1.165) is 25.1 Å². The number of benzene rings is 1. The molecule has 0 amide bonds. The highest BCUT2D eigenvalue weighted by molar-refractivity contribution is 6.31. The van der Waals surface area contributed by atoms with Crippen LogP contribution in [-0.4, -0.2) is 24.6 Å². The van der Waals surface area contributed by atoms with Gasteiger partial charge in [-0.2, -0.15) is 0 Å². The summed E-state index contributed by atoms with van der Waals surface area (Å²) in [5, 5.41) is 14.2. The van der Waals surface area contributed by atoms with Crippen LogP contribution in [0.3, 0.4) is 0 Å². The molecule has 0 spiro atoms. The van der Waals surface area contributed by atoms with Gasteiger partial charge in [0.25, 0.3) is 5.69 Å². The van der Waals surface area contributed by atoms with Crippen molar-refractivity contribution in [3.63, 3.8) is 0 Å². The van der Waals surface area contributed by atoms with Crippen LogP contribution in [0.5, 0.6) is 0 Å². The van der Waals surface area contributed by atoms with Crippen LogP contribution >= 0.6 is 11.6 Å². The van der Waals surface area contributed by atoms with Gasteiger partial charge in [0.2, 0.25) is 0 Å². The van der Waals surface area contributed by atoms with Crippen molar-refractivity contribution < 1.29 is 9.66 Å². The predicted octanol–water partition coefficient (Wildman–Crippen LogP) is 2.37. The summed E-state index contributed by atoms with van der Waals surface area (Å²) in [5.74, 6) is 0.557. The van der Waals surface area contributed by atoms with Gasteiger partial charge in [0, 0.05) is 18.7 Å². The second-order valence-corrected chi connectivity index (χ2v) is 4.81. The van der Waals surface area contributed by atoms with E-state index in [0.29, 0.717) is 24.2 Å². The maximum absolute atomic E-state index is 10.6. The first-order valence-electron chi connectivity index (χ1n) is 5.88. The zero-order valence-electron chi connectivity index (χ0n) is 9.89. The third-order valence-electron chi connectivity index (χ3n) is 3.02. The van der Waals surface area contributed by atoms with Gasteiger partial charge in [-0.3, -0.25) is 10.1 Å². The number of hydrogen-bond donors (Lipinski definition) is 1. The monoisotopic (exact) mass is 270 g/mol. The van der Waals surface area contributed by atoms with Crippen LogP contribution in [0.4, 0.5) is 5.69 Å². The van der Waals surface area contributed by atoms with Crippen LogP contribution in [0.2, 0.25) is 5.02 Å². The molecule has 5 nitrogen and oxygen atoms in total. The molecule has 0 bridgehead atoms. The minimum Gasteiger partial charge on any atom is -0.376 e. The fourth-order valence-corrected chi connectivity index (χ4v) is 2.19. The number of non-ortho nitro benzene ring substituents is 1. The Bertz CT molecular complexity index is 433. The maximum Gasteiger partial charge on any atom is 0.270 e. The summed E-state index contributed by atoms with van der Waals surface area (Å²) >= 11 is 5.97. The number of nitrogens with one attached hydrogen (secondary N) is 1. The molecule has 0 aliphatic carbocycles. The zero-order chi connectivity index (χ0) is 13.0. The molecule has 1 unspecified atom stereocenters. The lowest BCUT2D eigenvalue weighted by Crippen LogP contribution is -2.13. The van der Waals surface area contributed by atoms with Crippen molar-refractivity contribution in [2.45, 2.75) is 13.0 Å². The molecule has 0 saturated carbocycles. The summed E-state index contributed by atoms with van der Waals surface area (Å²) in [6.45, 7) is 3.13. The molecule has 1 aromatic rings. The molecule has 1 fully saturated rings. The molecule has 1 N–H and O–H groups in total. The zero-order valence-corrected chi connectivity index (χ0v) is 10.7. The molecule has 98 valence electrons. The SMILES string of the molecule is O=[N+]([O-])c1ccc(COCC2CCNC2)c(Cl)c1. The summed E-state index contributed by atoms with van der Waals surface area (Å²) in [7, 11) is 0. The molecular formula is C12H15ClN2O3. The Balaban J connectivity index is 1.87. The number of nitro groups is 1. The first kappa shape index (κ1) is 13.3. The normalized spacial score (nSPS) is 19.1. The van der Waals surface area contributed by atoms with Crippen molar-refractivity contribution in [1.29, 1.82) is 0 Å². The first-order valence-corrected chi connectivity index (χ1v) is 6.26. The molecular weight excluding hydrogens is 256 g/mol.